The maximum absolute atomic E-state index is 12.6. The molecule has 0 spiro atoms. The maximum Gasteiger partial charge on any atom is 0.168 e. The van der Waals surface area contributed by atoms with Crippen LogP contribution in [0.5, 0.6) is 0 Å². The Morgan fingerprint density at radius 1 is 0.769 bits per heavy atom. The van der Waals surface area contributed by atoms with Crippen LogP contribution < -0.4 is 0 Å². The zero-order valence-electron chi connectivity index (χ0n) is 17.9. The summed E-state index contributed by atoms with van der Waals surface area (Å²) in [7, 11) is 0. The molecule has 1 aromatic carbocycles. The highest BCUT2D eigenvalue weighted by Crippen LogP contribution is 2.29. The molecule has 0 unspecified atom stereocenters. The summed E-state index contributed by atoms with van der Waals surface area (Å²) in [6.07, 6.45) is 1.77. The first-order valence-corrected chi connectivity index (χ1v) is 9.50. The van der Waals surface area contributed by atoms with Crippen LogP contribution in [-0.4, -0.2) is 15.8 Å². The standard InChI is InChI=1S/C23H34N2O/c1-21(2,3)13-18-19(14-22(4,5)6)25-17-12-15(10-11-16(17)24-18)20(26)23(7,8)9/h10-12H,13-14H2,1-9H3. The monoisotopic (exact) mass is 354 g/mol. The van der Waals surface area contributed by atoms with Crippen LogP contribution in [0.2, 0.25) is 0 Å². The Labute approximate surface area is 158 Å². The van der Waals surface area contributed by atoms with E-state index < -0.39 is 5.41 Å². The third-order valence-corrected chi connectivity index (χ3v) is 4.16. The fraction of sp³-hybridized carbons (Fsp3) is 0.609. The van der Waals surface area contributed by atoms with Crippen molar-refractivity contribution in [3.05, 3.63) is 35.2 Å². The molecule has 3 heteroatoms. The van der Waals surface area contributed by atoms with Gasteiger partial charge in [0.1, 0.15) is 0 Å². The van der Waals surface area contributed by atoms with E-state index in [9.17, 15) is 4.79 Å². The smallest absolute Gasteiger partial charge is 0.168 e. The van der Waals surface area contributed by atoms with Gasteiger partial charge in [-0.2, -0.15) is 0 Å². The van der Waals surface area contributed by atoms with Crippen LogP contribution in [0, 0.1) is 16.2 Å². The van der Waals surface area contributed by atoms with Crippen molar-refractivity contribution in [1.29, 1.82) is 0 Å². The normalized spacial score (nSPS) is 13.3. The molecule has 2 aromatic rings. The summed E-state index contributed by atoms with van der Waals surface area (Å²) >= 11 is 0. The van der Waals surface area contributed by atoms with Gasteiger partial charge in [0.05, 0.1) is 22.4 Å². The Morgan fingerprint density at radius 3 is 1.65 bits per heavy atom. The van der Waals surface area contributed by atoms with Gasteiger partial charge in [0.15, 0.2) is 5.78 Å². The Balaban J connectivity index is 2.59. The zero-order chi connectivity index (χ0) is 19.9. The number of ketones is 1. The van der Waals surface area contributed by atoms with Crippen LogP contribution in [0.3, 0.4) is 0 Å². The molecule has 0 radical (unpaired) electrons. The van der Waals surface area contributed by atoms with Crippen molar-refractivity contribution < 1.29 is 4.79 Å². The van der Waals surface area contributed by atoms with Gasteiger partial charge in [-0.05, 0) is 41.9 Å². The summed E-state index contributed by atoms with van der Waals surface area (Å²) < 4.78 is 0. The summed E-state index contributed by atoms with van der Waals surface area (Å²) in [6, 6.07) is 5.73. The number of rotatable bonds is 3. The molecule has 0 amide bonds. The van der Waals surface area contributed by atoms with Crippen molar-refractivity contribution in [2.24, 2.45) is 16.2 Å². The van der Waals surface area contributed by atoms with E-state index in [2.05, 4.69) is 41.5 Å². The van der Waals surface area contributed by atoms with E-state index in [1.165, 1.54) is 0 Å². The molecule has 3 nitrogen and oxygen atoms in total. The molecule has 0 aliphatic carbocycles. The molecule has 1 aromatic heterocycles. The first-order chi connectivity index (χ1) is 11.7. The lowest BCUT2D eigenvalue weighted by Gasteiger charge is -2.23. The summed E-state index contributed by atoms with van der Waals surface area (Å²) in [6.45, 7) is 19.2. The SMILES string of the molecule is CC(C)(C)Cc1nc2ccc(C(=O)C(C)(C)C)cc2nc1CC(C)(C)C. The first kappa shape index (κ1) is 20.5. The molecule has 0 saturated carbocycles. The number of hydrogen-bond donors (Lipinski definition) is 0. The lowest BCUT2D eigenvalue weighted by atomic mass is 9.85. The number of benzene rings is 1. The van der Waals surface area contributed by atoms with E-state index in [0.717, 1.165) is 35.3 Å². The zero-order valence-corrected chi connectivity index (χ0v) is 17.9. The predicted octanol–water partition coefficient (Wildman–Crippen LogP) is 6.04. The maximum atomic E-state index is 12.6. The number of carbonyl (C=O) groups is 1. The number of carbonyl (C=O) groups excluding carboxylic acids is 1. The van der Waals surface area contributed by atoms with Gasteiger partial charge in [0, 0.05) is 11.0 Å². The van der Waals surface area contributed by atoms with Crippen LogP contribution in [0.1, 0.15) is 84.1 Å². The van der Waals surface area contributed by atoms with E-state index >= 15 is 0 Å². The Morgan fingerprint density at radius 2 is 1.23 bits per heavy atom. The van der Waals surface area contributed by atoms with Crippen molar-refractivity contribution in [3.63, 3.8) is 0 Å². The molecule has 2 rings (SSSR count). The fourth-order valence-corrected chi connectivity index (χ4v) is 2.99. The van der Waals surface area contributed by atoms with E-state index in [1.54, 1.807) is 0 Å². The Bertz CT molecular complexity index is 815. The highest BCUT2D eigenvalue weighted by atomic mass is 16.1. The molecule has 0 aliphatic rings. The average molecular weight is 355 g/mol. The van der Waals surface area contributed by atoms with Gasteiger partial charge in [-0.1, -0.05) is 62.3 Å². The fourth-order valence-electron chi connectivity index (χ4n) is 2.99. The summed E-state index contributed by atoms with van der Waals surface area (Å²) in [5.41, 5.74) is 4.41. The van der Waals surface area contributed by atoms with E-state index in [1.807, 2.05) is 39.0 Å². The second kappa shape index (κ2) is 6.75. The quantitative estimate of drug-likeness (QED) is 0.631. The minimum Gasteiger partial charge on any atom is -0.294 e. The van der Waals surface area contributed by atoms with Gasteiger partial charge in [0.25, 0.3) is 0 Å². The topological polar surface area (TPSA) is 42.9 Å². The third-order valence-electron chi connectivity index (χ3n) is 4.16. The summed E-state index contributed by atoms with van der Waals surface area (Å²) in [5.74, 6) is 0.136. The molecule has 0 atom stereocenters. The van der Waals surface area contributed by atoms with Gasteiger partial charge >= 0.3 is 0 Å². The predicted molar refractivity (Wildman–Crippen MR) is 110 cm³/mol. The van der Waals surface area contributed by atoms with Crippen molar-refractivity contribution in [2.75, 3.05) is 0 Å². The molecular weight excluding hydrogens is 320 g/mol. The van der Waals surface area contributed by atoms with Gasteiger partial charge < -0.3 is 0 Å². The van der Waals surface area contributed by atoms with Crippen molar-refractivity contribution >= 4 is 16.8 Å². The van der Waals surface area contributed by atoms with Crippen LogP contribution in [0.15, 0.2) is 18.2 Å². The van der Waals surface area contributed by atoms with Crippen LogP contribution >= 0.6 is 0 Å². The van der Waals surface area contributed by atoms with Gasteiger partial charge in [-0.15, -0.1) is 0 Å². The van der Waals surface area contributed by atoms with E-state index in [4.69, 9.17) is 9.97 Å². The van der Waals surface area contributed by atoms with E-state index in [0.29, 0.717) is 5.56 Å². The lowest BCUT2D eigenvalue weighted by Crippen LogP contribution is -2.20. The number of fused-ring (bicyclic) bond motifs is 1. The highest BCUT2D eigenvalue weighted by Gasteiger charge is 2.24. The van der Waals surface area contributed by atoms with Crippen LogP contribution in [0.4, 0.5) is 0 Å². The number of nitrogens with zero attached hydrogens (tertiary/aromatic N) is 2. The molecule has 0 saturated heterocycles. The van der Waals surface area contributed by atoms with Crippen LogP contribution in [0.25, 0.3) is 11.0 Å². The molecule has 0 aliphatic heterocycles. The largest absolute Gasteiger partial charge is 0.294 e. The highest BCUT2D eigenvalue weighted by molar-refractivity contribution is 6.01. The third kappa shape index (κ3) is 5.36. The molecule has 26 heavy (non-hydrogen) atoms. The minimum absolute atomic E-state index is 0.133. The first-order valence-electron chi connectivity index (χ1n) is 9.50. The van der Waals surface area contributed by atoms with Crippen LogP contribution in [-0.2, 0) is 12.8 Å². The van der Waals surface area contributed by atoms with Gasteiger partial charge in [-0.25, -0.2) is 9.97 Å². The molecule has 0 N–H and O–H groups in total. The molecule has 0 fully saturated rings. The molecular formula is C23H34N2O. The van der Waals surface area contributed by atoms with Crippen molar-refractivity contribution in [1.82, 2.24) is 9.97 Å². The molecule has 1 heterocycles. The minimum atomic E-state index is -0.401. The summed E-state index contributed by atoms with van der Waals surface area (Å²) in [5, 5.41) is 0. The van der Waals surface area contributed by atoms with Gasteiger partial charge in [-0.3, -0.25) is 4.79 Å². The van der Waals surface area contributed by atoms with Gasteiger partial charge in [0.2, 0.25) is 0 Å². The number of aromatic nitrogens is 2. The number of hydrogen-bond acceptors (Lipinski definition) is 3. The Hall–Kier alpha value is -1.77. The van der Waals surface area contributed by atoms with Crippen molar-refractivity contribution in [3.8, 4) is 0 Å². The number of Topliss-reactive ketones (excluding diaryl/α,β-unsaturated/α-hetero) is 1. The molecule has 0 bridgehead atoms. The van der Waals surface area contributed by atoms with E-state index in [-0.39, 0.29) is 16.6 Å². The average Bonchev–Trinajstić information content (AvgIpc) is 2.42. The Kier molecular flexibility index (Phi) is 5.34. The second-order valence-electron chi connectivity index (χ2n) is 10.9. The molecule has 142 valence electrons. The van der Waals surface area contributed by atoms with Crippen molar-refractivity contribution in [2.45, 2.75) is 75.2 Å². The lowest BCUT2D eigenvalue weighted by molar-refractivity contribution is 0.0858. The second-order valence-corrected chi connectivity index (χ2v) is 10.9. The summed E-state index contributed by atoms with van der Waals surface area (Å²) in [4.78, 5) is 22.5.